The smallest absolute Gasteiger partial charge is 0.255 e. The van der Waals surface area contributed by atoms with Crippen molar-refractivity contribution in [3.05, 3.63) is 46.2 Å². The van der Waals surface area contributed by atoms with Crippen LogP contribution in [0.4, 0.5) is 0 Å². The van der Waals surface area contributed by atoms with Gasteiger partial charge in [-0.15, -0.1) is 12.4 Å². The number of halogens is 1. The van der Waals surface area contributed by atoms with Crippen molar-refractivity contribution in [1.29, 1.82) is 0 Å². The Morgan fingerprint density at radius 2 is 1.70 bits per heavy atom. The minimum atomic E-state index is -2.89. The molecule has 0 bridgehead atoms. The number of carbonyl (C=O) groups is 3. The number of Topliss-reactive ketones (excluding diaryl/α,β-unsaturated/α-hetero) is 2. The van der Waals surface area contributed by atoms with Gasteiger partial charge in [-0.2, -0.15) is 0 Å². The fourth-order valence-electron chi connectivity index (χ4n) is 5.58. The molecule has 3 aliphatic rings. The molecule has 0 spiro atoms. The van der Waals surface area contributed by atoms with E-state index in [0.29, 0.717) is 5.56 Å². The number of benzene rings is 1. The average molecular weight is 545 g/mol. The number of phenolic OH excluding ortho intramolecular Hbond substituents is 1. The van der Waals surface area contributed by atoms with Gasteiger partial charge in [0.15, 0.2) is 11.4 Å². The lowest BCUT2D eigenvalue weighted by Gasteiger charge is -2.53. The molecule has 37 heavy (non-hydrogen) atoms. The molecule has 1 saturated carbocycles. The van der Waals surface area contributed by atoms with Gasteiger partial charge in [0, 0.05) is 18.1 Å². The van der Waals surface area contributed by atoms with E-state index in [4.69, 9.17) is 10.8 Å². The minimum Gasteiger partial charge on any atom is -0.508 e. The van der Waals surface area contributed by atoms with Crippen LogP contribution in [-0.4, -0.2) is 96.9 Å². The van der Waals surface area contributed by atoms with E-state index >= 15 is 0 Å². The molecule has 1 amide bonds. The number of aliphatic hydroxyl groups excluding tert-OH is 4. The SMILES string of the molecule is CC1c2cccc(O)c2C(O)=C2C(=O)[C@]3(O)C(O)=C(C(N)=O)C(=O)C(N(C)C)C3C(O)C21.CCO.Cl.O. The number of fused-ring (bicyclic) bond motifs is 3. The van der Waals surface area contributed by atoms with E-state index in [1.807, 2.05) is 0 Å². The number of hydrogen-bond acceptors (Lipinski definition) is 10. The Balaban J connectivity index is 0.00000131. The third-order valence-corrected chi connectivity index (χ3v) is 6.99. The first-order valence-corrected chi connectivity index (χ1v) is 11.0. The zero-order chi connectivity index (χ0) is 26.6. The Hall–Kier alpha value is -3.00. The van der Waals surface area contributed by atoms with Gasteiger partial charge in [-0.25, -0.2) is 0 Å². The maximum absolute atomic E-state index is 13.7. The summed E-state index contributed by atoms with van der Waals surface area (Å²) in [6.07, 6.45) is -1.59. The second kappa shape index (κ2) is 11.2. The highest BCUT2D eigenvalue weighted by Crippen LogP contribution is 2.55. The van der Waals surface area contributed by atoms with Gasteiger partial charge in [0.25, 0.3) is 5.91 Å². The molecule has 1 fully saturated rings. The molecule has 6 atom stereocenters. The number of amides is 1. The van der Waals surface area contributed by atoms with Crippen molar-refractivity contribution in [3.63, 3.8) is 0 Å². The first-order valence-electron chi connectivity index (χ1n) is 11.0. The van der Waals surface area contributed by atoms with Crippen molar-refractivity contribution in [2.45, 2.75) is 37.5 Å². The Kier molecular flexibility index (Phi) is 9.67. The van der Waals surface area contributed by atoms with Crippen molar-refractivity contribution < 1.29 is 50.5 Å². The number of ketones is 2. The predicted molar refractivity (Wildman–Crippen MR) is 134 cm³/mol. The van der Waals surface area contributed by atoms with Crippen LogP contribution in [0, 0.1) is 11.8 Å². The van der Waals surface area contributed by atoms with Crippen molar-refractivity contribution in [1.82, 2.24) is 4.90 Å². The fourth-order valence-corrected chi connectivity index (χ4v) is 5.58. The van der Waals surface area contributed by atoms with E-state index in [1.165, 1.54) is 25.1 Å². The zero-order valence-electron chi connectivity index (χ0n) is 20.7. The summed E-state index contributed by atoms with van der Waals surface area (Å²) < 4.78 is 0. The summed E-state index contributed by atoms with van der Waals surface area (Å²) in [5.74, 6) is -8.87. The number of aromatic hydroxyl groups is 1. The van der Waals surface area contributed by atoms with Crippen molar-refractivity contribution in [3.8, 4) is 5.75 Å². The van der Waals surface area contributed by atoms with Gasteiger partial charge in [-0.1, -0.05) is 19.1 Å². The van der Waals surface area contributed by atoms with Crippen molar-refractivity contribution in [2.75, 3.05) is 20.7 Å². The number of hydrogen-bond donors (Lipinski definition) is 7. The Morgan fingerprint density at radius 1 is 1.16 bits per heavy atom. The molecular formula is C24H33ClN2O10. The third kappa shape index (κ3) is 4.39. The highest BCUT2D eigenvalue weighted by atomic mass is 35.5. The highest BCUT2D eigenvalue weighted by Gasteiger charge is 2.68. The number of nitrogens with zero attached hydrogens (tertiary/aromatic N) is 1. The molecule has 3 aliphatic carbocycles. The molecule has 0 saturated heterocycles. The normalized spacial score (nSPS) is 30.2. The summed E-state index contributed by atoms with van der Waals surface area (Å²) in [6.45, 7) is 3.61. The molecule has 0 radical (unpaired) electrons. The van der Waals surface area contributed by atoms with Crippen LogP contribution in [0.25, 0.3) is 5.76 Å². The van der Waals surface area contributed by atoms with Gasteiger partial charge in [-0.3, -0.25) is 19.3 Å². The fraction of sp³-hybridized carbons (Fsp3) is 0.458. The molecule has 13 heteroatoms. The summed E-state index contributed by atoms with van der Waals surface area (Å²) in [4.78, 5) is 40.0. The number of carbonyl (C=O) groups excluding carboxylic acids is 3. The molecule has 12 nitrogen and oxygen atoms in total. The average Bonchev–Trinajstić information content (AvgIpc) is 2.76. The monoisotopic (exact) mass is 544 g/mol. The van der Waals surface area contributed by atoms with E-state index in [-0.39, 0.29) is 35.8 Å². The molecule has 0 heterocycles. The van der Waals surface area contributed by atoms with Crippen LogP contribution < -0.4 is 5.73 Å². The number of likely N-dealkylation sites (N-methyl/N-ethyl adjacent to an activating group) is 1. The number of nitrogens with two attached hydrogens (primary N) is 1. The summed E-state index contributed by atoms with van der Waals surface area (Å²) >= 11 is 0. The first-order chi connectivity index (χ1) is 16.3. The molecular weight excluding hydrogens is 512 g/mol. The molecule has 0 aliphatic heterocycles. The number of aliphatic hydroxyl groups is 5. The lowest BCUT2D eigenvalue weighted by Crippen LogP contribution is -2.70. The quantitative estimate of drug-likeness (QED) is 0.226. The van der Waals surface area contributed by atoms with Crippen LogP contribution in [0.1, 0.15) is 30.9 Å². The molecule has 10 N–H and O–H groups in total. The summed E-state index contributed by atoms with van der Waals surface area (Å²) in [5, 5.41) is 62.5. The third-order valence-electron chi connectivity index (χ3n) is 6.99. The molecule has 206 valence electrons. The van der Waals surface area contributed by atoms with Gasteiger partial charge < -0.3 is 41.8 Å². The van der Waals surface area contributed by atoms with Crippen LogP contribution in [0.5, 0.6) is 5.75 Å². The first kappa shape index (κ1) is 32.0. The maximum Gasteiger partial charge on any atom is 0.255 e. The Bertz CT molecular complexity index is 1160. The van der Waals surface area contributed by atoms with Crippen LogP contribution in [0.3, 0.4) is 0 Å². The lowest BCUT2D eigenvalue weighted by atomic mass is 9.54. The minimum absolute atomic E-state index is 0. The van der Waals surface area contributed by atoms with Crippen LogP contribution in [0.2, 0.25) is 0 Å². The molecule has 1 aromatic carbocycles. The van der Waals surface area contributed by atoms with Crippen molar-refractivity contribution >= 4 is 35.6 Å². The van der Waals surface area contributed by atoms with Gasteiger partial charge >= 0.3 is 0 Å². The predicted octanol–water partition coefficient (Wildman–Crippen LogP) is -0.908. The van der Waals surface area contributed by atoms with Gasteiger partial charge in [-0.05, 0) is 38.6 Å². The van der Waals surface area contributed by atoms with Crippen LogP contribution in [-0.2, 0) is 14.4 Å². The Labute approximate surface area is 219 Å². The molecule has 4 rings (SSSR count). The molecule has 5 unspecified atom stereocenters. The van der Waals surface area contributed by atoms with Gasteiger partial charge in [0.2, 0.25) is 5.78 Å². The van der Waals surface area contributed by atoms with Crippen LogP contribution in [0.15, 0.2) is 35.1 Å². The highest BCUT2D eigenvalue weighted by molar-refractivity contribution is 6.24. The zero-order valence-corrected chi connectivity index (χ0v) is 21.5. The summed E-state index contributed by atoms with van der Waals surface area (Å²) in [6, 6.07) is 3.13. The van der Waals surface area contributed by atoms with E-state index in [0.717, 1.165) is 0 Å². The van der Waals surface area contributed by atoms with E-state index in [1.54, 1.807) is 26.0 Å². The van der Waals surface area contributed by atoms with Crippen molar-refractivity contribution in [2.24, 2.45) is 17.6 Å². The topological polar surface area (TPSA) is 233 Å². The number of rotatable bonds is 2. The van der Waals surface area contributed by atoms with Crippen LogP contribution >= 0.6 is 12.4 Å². The maximum atomic E-state index is 13.7. The van der Waals surface area contributed by atoms with Gasteiger partial charge in [0.1, 0.15) is 22.8 Å². The number of phenols is 1. The largest absolute Gasteiger partial charge is 0.508 e. The molecule has 1 aromatic rings. The van der Waals surface area contributed by atoms with Gasteiger partial charge in [0.05, 0.1) is 23.6 Å². The number of primary amides is 1. The van der Waals surface area contributed by atoms with E-state index in [2.05, 4.69) is 0 Å². The standard InChI is InChI=1S/C22H24N2O8.C2H6O.ClH.H2O/c1-7-8-5-4-6-9(25)11(8)16(26)12-10(7)17(27)14-15(24(2)3)18(28)13(21(23)31)20(30)22(14,32)19(12)29;1-2-3;;/h4-7,10,14-15,17,25-27,30,32H,1-3H3,(H2,23,31);3H,2H2,1H3;1H;1H2/t7?,10?,14?,15?,17?,22-;;;/m0.../s1. The Morgan fingerprint density at radius 3 is 2.19 bits per heavy atom. The van der Waals surface area contributed by atoms with E-state index < -0.39 is 75.6 Å². The summed E-state index contributed by atoms with van der Waals surface area (Å²) in [5.41, 5.74) is 1.47. The van der Waals surface area contributed by atoms with E-state index in [9.17, 15) is 39.9 Å². The summed E-state index contributed by atoms with van der Waals surface area (Å²) in [7, 11) is 2.92. The second-order valence-corrected chi connectivity index (χ2v) is 9.11. The lowest BCUT2D eigenvalue weighted by molar-refractivity contribution is -0.169. The second-order valence-electron chi connectivity index (χ2n) is 9.11. The molecule has 0 aromatic heterocycles.